The third kappa shape index (κ3) is 5.79. The Bertz CT molecular complexity index is 1170. The number of carbonyl (C=O) groups is 2. The average molecular weight is 481 g/mol. The van der Waals surface area contributed by atoms with E-state index in [1.54, 1.807) is 53.7 Å². The first-order chi connectivity index (χ1) is 16.4. The maximum absolute atomic E-state index is 13.8. The molecule has 0 atom stereocenters. The van der Waals surface area contributed by atoms with Gasteiger partial charge in [0.25, 0.3) is 11.8 Å². The number of nitrogens with zero attached hydrogens (tertiary/aromatic N) is 2. The van der Waals surface area contributed by atoms with E-state index in [9.17, 15) is 14.0 Å². The van der Waals surface area contributed by atoms with Crippen molar-refractivity contribution in [3.05, 3.63) is 94.5 Å². The predicted octanol–water partition coefficient (Wildman–Crippen LogP) is 5.04. The lowest BCUT2D eigenvalue weighted by atomic mass is 9.90. The zero-order valence-corrected chi connectivity index (χ0v) is 19.3. The fraction of sp³-hybridized carbons (Fsp3) is 0.269. The van der Waals surface area contributed by atoms with Crippen LogP contribution in [-0.4, -0.2) is 33.8 Å². The minimum Gasteiger partial charge on any atom is -0.331 e. The molecule has 1 fully saturated rings. The summed E-state index contributed by atoms with van der Waals surface area (Å²) < 4.78 is 13.8. The number of amides is 2. The van der Waals surface area contributed by atoms with Gasteiger partial charge in [-0.3, -0.25) is 14.6 Å². The van der Waals surface area contributed by atoms with E-state index in [1.807, 2.05) is 0 Å². The van der Waals surface area contributed by atoms with Crippen LogP contribution in [0.3, 0.4) is 0 Å². The van der Waals surface area contributed by atoms with Gasteiger partial charge < -0.3 is 16.0 Å². The van der Waals surface area contributed by atoms with Crippen LogP contribution in [-0.2, 0) is 6.54 Å². The van der Waals surface area contributed by atoms with Gasteiger partial charge in [-0.15, -0.1) is 0 Å². The van der Waals surface area contributed by atoms with E-state index in [4.69, 9.17) is 17.3 Å². The van der Waals surface area contributed by atoms with Crippen LogP contribution >= 0.6 is 11.6 Å². The van der Waals surface area contributed by atoms with Gasteiger partial charge in [0.1, 0.15) is 5.82 Å². The van der Waals surface area contributed by atoms with Crippen molar-refractivity contribution in [2.75, 3.05) is 5.32 Å². The van der Waals surface area contributed by atoms with Gasteiger partial charge in [0.2, 0.25) is 0 Å². The molecule has 3 N–H and O–H groups in total. The molecule has 0 spiro atoms. The molecule has 34 heavy (non-hydrogen) atoms. The molecule has 8 heteroatoms. The lowest BCUT2D eigenvalue weighted by Crippen LogP contribution is -2.44. The van der Waals surface area contributed by atoms with E-state index in [2.05, 4.69) is 10.3 Å². The minimum atomic E-state index is -0.463. The van der Waals surface area contributed by atoms with Crippen LogP contribution in [0.1, 0.15) is 52.0 Å². The number of rotatable bonds is 6. The van der Waals surface area contributed by atoms with Gasteiger partial charge in [-0.25, -0.2) is 4.39 Å². The molecule has 1 aliphatic carbocycles. The summed E-state index contributed by atoms with van der Waals surface area (Å²) in [5.41, 5.74) is 8.09. The summed E-state index contributed by atoms with van der Waals surface area (Å²) in [6.45, 7) is 0.229. The van der Waals surface area contributed by atoms with Crippen LogP contribution in [0.2, 0.25) is 5.02 Å². The molecule has 2 amide bonds. The summed E-state index contributed by atoms with van der Waals surface area (Å²) >= 11 is 6.49. The maximum Gasteiger partial charge on any atom is 0.255 e. The van der Waals surface area contributed by atoms with E-state index in [0.717, 1.165) is 25.7 Å². The zero-order chi connectivity index (χ0) is 24.1. The molecule has 1 aromatic heterocycles. The average Bonchev–Trinajstić information content (AvgIpc) is 2.85. The summed E-state index contributed by atoms with van der Waals surface area (Å²) in [6, 6.07) is 14.2. The quantitative estimate of drug-likeness (QED) is 0.517. The highest BCUT2D eigenvalue weighted by Gasteiger charge is 2.29. The number of hydrogen-bond donors (Lipinski definition) is 2. The predicted molar refractivity (Wildman–Crippen MR) is 130 cm³/mol. The first-order valence-corrected chi connectivity index (χ1v) is 11.6. The Labute approximate surface area is 202 Å². The molecule has 1 aliphatic rings. The Kier molecular flexibility index (Phi) is 7.55. The number of pyridine rings is 1. The van der Waals surface area contributed by atoms with Crippen molar-refractivity contribution in [2.24, 2.45) is 5.73 Å². The van der Waals surface area contributed by atoms with Crippen molar-refractivity contribution >= 4 is 29.1 Å². The number of hydrogen-bond acceptors (Lipinski definition) is 4. The van der Waals surface area contributed by atoms with E-state index in [0.29, 0.717) is 21.8 Å². The number of aromatic nitrogens is 1. The van der Waals surface area contributed by atoms with Gasteiger partial charge in [-0.05, 0) is 79.8 Å². The first kappa shape index (κ1) is 23.9. The molecule has 2 aromatic carbocycles. The second kappa shape index (κ2) is 10.8. The summed E-state index contributed by atoms with van der Waals surface area (Å²) in [4.78, 5) is 31.7. The smallest absolute Gasteiger partial charge is 0.255 e. The summed E-state index contributed by atoms with van der Waals surface area (Å²) in [7, 11) is 0. The summed E-state index contributed by atoms with van der Waals surface area (Å²) in [5.74, 6) is -0.998. The number of carbonyl (C=O) groups excluding carboxylic acids is 2. The van der Waals surface area contributed by atoms with Gasteiger partial charge in [-0.2, -0.15) is 0 Å². The zero-order valence-electron chi connectivity index (χ0n) is 18.6. The molecular formula is C26H26ClFN4O2. The molecule has 3 aromatic rings. The van der Waals surface area contributed by atoms with Crippen molar-refractivity contribution in [3.63, 3.8) is 0 Å². The Morgan fingerprint density at radius 3 is 2.47 bits per heavy atom. The molecular weight excluding hydrogens is 455 g/mol. The molecule has 0 saturated heterocycles. The molecule has 1 heterocycles. The molecule has 0 bridgehead atoms. The van der Waals surface area contributed by atoms with Crippen LogP contribution in [0.4, 0.5) is 10.1 Å². The molecule has 0 unspecified atom stereocenters. The molecule has 0 radical (unpaired) electrons. The molecule has 4 rings (SSSR count). The standard InChI is InChI=1S/C26H26ClFN4O2/c27-24-9-6-22(31-25(33)17-10-12-30-13-11-17)15-19(24)16-32(23-7-4-21(29)5-8-23)26(34)18-2-1-3-20(28)14-18/h1-3,6,9-15,21,23H,4-5,7-8,16,29H2,(H,31,33). The van der Waals surface area contributed by atoms with Crippen LogP contribution in [0.25, 0.3) is 0 Å². The summed E-state index contributed by atoms with van der Waals surface area (Å²) in [5, 5.41) is 3.34. The van der Waals surface area contributed by atoms with Crippen LogP contribution in [0.5, 0.6) is 0 Å². The second-order valence-electron chi connectivity index (χ2n) is 8.51. The van der Waals surface area contributed by atoms with Crippen LogP contribution in [0, 0.1) is 5.82 Å². The molecule has 176 valence electrons. The Balaban J connectivity index is 1.59. The molecule has 6 nitrogen and oxygen atoms in total. The Morgan fingerprint density at radius 2 is 1.76 bits per heavy atom. The number of anilines is 1. The lowest BCUT2D eigenvalue weighted by molar-refractivity contribution is 0.0606. The highest BCUT2D eigenvalue weighted by molar-refractivity contribution is 6.31. The van der Waals surface area contributed by atoms with Crippen molar-refractivity contribution in [2.45, 2.75) is 44.3 Å². The highest BCUT2D eigenvalue weighted by Crippen LogP contribution is 2.29. The minimum absolute atomic E-state index is 0.0401. The number of nitrogens with two attached hydrogens (primary N) is 1. The van der Waals surface area contributed by atoms with Crippen molar-refractivity contribution in [1.29, 1.82) is 0 Å². The summed E-state index contributed by atoms with van der Waals surface area (Å²) in [6.07, 6.45) is 6.25. The van der Waals surface area contributed by atoms with E-state index < -0.39 is 5.82 Å². The largest absolute Gasteiger partial charge is 0.331 e. The normalized spacial score (nSPS) is 17.7. The highest BCUT2D eigenvalue weighted by atomic mass is 35.5. The molecule has 0 aliphatic heterocycles. The number of benzene rings is 2. The van der Waals surface area contributed by atoms with Crippen molar-refractivity contribution in [3.8, 4) is 0 Å². The third-order valence-electron chi connectivity index (χ3n) is 6.10. The van der Waals surface area contributed by atoms with Gasteiger partial charge in [0.15, 0.2) is 0 Å². The maximum atomic E-state index is 13.8. The SMILES string of the molecule is NC1CCC(N(Cc2cc(NC(=O)c3ccncc3)ccc2Cl)C(=O)c2cccc(F)c2)CC1. The first-order valence-electron chi connectivity index (χ1n) is 11.2. The Morgan fingerprint density at radius 1 is 1.03 bits per heavy atom. The number of halogens is 2. The van der Waals surface area contributed by atoms with Crippen LogP contribution in [0.15, 0.2) is 67.0 Å². The van der Waals surface area contributed by atoms with Crippen molar-refractivity contribution < 1.29 is 14.0 Å². The van der Waals surface area contributed by atoms with Gasteiger partial charge in [0.05, 0.1) is 0 Å². The fourth-order valence-corrected chi connectivity index (χ4v) is 4.41. The fourth-order valence-electron chi connectivity index (χ4n) is 4.23. The Hall–Kier alpha value is -3.29. The monoisotopic (exact) mass is 480 g/mol. The number of nitrogens with one attached hydrogen (secondary N) is 1. The van der Waals surface area contributed by atoms with Crippen LogP contribution < -0.4 is 11.1 Å². The topological polar surface area (TPSA) is 88.3 Å². The lowest BCUT2D eigenvalue weighted by Gasteiger charge is -2.36. The van der Waals surface area contributed by atoms with E-state index in [-0.39, 0.29) is 36.0 Å². The molecule has 1 saturated carbocycles. The van der Waals surface area contributed by atoms with Gasteiger partial charge >= 0.3 is 0 Å². The van der Waals surface area contributed by atoms with Gasteiger partial charge in [0, 0.05) is 52.9 Å². The van der Waals surface area contributed by atoms with E-state index >= 15 is 0 Å². The second-order valence-corrected chi connectivity index (χ2v) is 8.92. The van der Waals surface area contributed by atoms with Crippen molar-refractivity contribution in [1.82, 2.24) is 9.88 Å². The van der Waals surface area contributed by atoms with E-state index in [1.165, 1.54) is 18.2 Å². The van der Waals surface area contributed by atoms with Gasteiger partial charge in [-0.1, -0.05) is 17.7 Å². The third-order valence-corrected chi connectivity index (χ3v) is 6.47.